The molecule has 0 saturated carbocycles. The van der Waals surface area contributed by atoms with Gasteiger partial charge < -0.3 is 21.7 Å². The average Bonchev–Trinajstić information content (AvgIpc) is 2.83. The minimum atomic E-state index is 0.549. The fourth-order valence-corrected chi connectivity index (χ4v) is 3.12. The number of nitrogens with zero attached hydrogens (tertiary/aromatic N) is 2. The molecule has 1 aliphatic rings. The third-order valence-electron chi connectivity index (χ3n) is 4.88. The van der Waals surface area contributed by atoms with Crippen molar-refractivity contribution in [2.45, 2.75) is 19.5 Å². The summed E-state index contributed by atoms with van der Waals surface area (Å²) in [6.45, 7) is 6.90. The maximum atomic E-state index is 10.1. The van der Waals surface area contributed by atoms with E-state index in [0.29, 0.717) is 31.5 Å². The Morgan fingerprint density at radius 3 is 2.42 bits per heavy atom. The molecule has 0 aromatic heterocycles. The van der Waals surface area contributed by atoms with Crippen LogP contribution in [-0.2, 0) is 17.9 Å². The summed E-state index contributed by atoms with van der Waals surface area (Å²) < 4.78 is 0. The molecule has 0 aliphatic carbocycles. The van der Waals surface area contributed by atoms with Crippen molar-refractivity contribution in [1.29, 1.82) is 5.26 Å². The zero-order valence-electron chi connectivity index (χ0n) is 17.9. The first-order chi connectivity index (χ1) is 15.2. The molecule has 7 heteroatoms. The van der Waals surface area contributed by atoms with Gasteiger partial charge in [-0.25, -0.2) is 0 Å². The minimum absolute atomic E-state index is 0.549. The summed E-state index contributed by atoms with van der Waals surface area (Å²) in [5.41, 5.74) is 9.48. The number of nitrogens with one attached hydrogen (secondary N) is 3. The molecular weight excluding hydrogens is 388 g/mol. The van der Waals surface area contributed by atoms with Crippen LogP contribution in [-0.4, -0.2) is 44.0 Å². The number of piperazine rings is 1. The quantitative estimate of drug-likeness (QED) is 0.363. The van der Waals surface area contributed by atoms with Crippen molar-refractivity contribution in [3.05, 3.63) is 83.2 Å². The maximum absolute atomic E-state index is 10.1. The van der Waals surface area contributed by atoms with Crippen LogP contribution in [0.25, 0.3) is 0 Å². The predicted octanol–water partition coefficient (Wildman–Crippen LogP) is 1.68. The predicted molar refractivity (Wildman–Crippen MR) is 124 cm³/mol. The lowest BCUT2D eigenvalue weighted by Crippen LogP contribution is -2.42. The molecule has 0 unspecified atom stereocenters. The Kier molecular flexibility index (Phi) is 11.3. The number of amides is 1. The van der Waals surface area contributed by atoms with Crippen molar-refractivity contribution in [3.63, 3.8) is 0 Å². The van der Waals surface area contributed by atoms with Gasteiger partial charge in [0.1, 0.15) is 0 Å². The largest absolute Gasteiger partial charge is 0.403 e. The number of carbonyl (C=O) groups is 1. The second kappa shape index (κ2) is 14.6. The van der Waals surface area contributed by atoms with Crippen LogP contribution in [0.5, 0.6) is 0 Å². The van der Waals surface area contributed by atoms with Crippen LogP contribution in [0.15, 0.2) is 66.5 Å². The molecule has 0 spiro atoms. The van der Waals surface area contributed by atoms with E-state index < -0.39 is 0 Å². The van der Waals surface area contributed by atoms with Gasteiger partial charge in [0.15, 0.2) is 0 Å². The number of hydrogen-bond acceptors (Lipinski definition) is 6. The molecule has 0 atom stereocenters. The van der Waals surface area contributed by atoms with Gasteiger partial charge in [0.25, 0.3) is 0 Å². The summed E-state index contributed by atoms with van der Waals surface area (Å²) in [7, 11) is 0. The summed E-state index contributed by atoms with van der Waals surface area (Å²) in [5, 5.41) is 17.8. The van der Waals surface area contributed by atoms with Crippen LogP contribution in [0.2, 0.25) is 0 Å². The maximum Gasteiger partial charge on any atom is 0.207 e. The van der Waals surface area contributed by atoms with Gasteiger partial charge in [-0.05, 0) is 23.3 Å². The minimum Gasteiger partial charge on any atom is -0.403 e. The number of hydrogen-bond donors (Lipinski definition) is 4. The Hall–Kier alpha value is -3.34. The lowest BCUT2D eigenvalue weighted by Gasteiger charge is -2.27. The van der Waals surface area contributed by atoms with Gasteiger partial charge in [0.2, 0.25) is 6.41 Å². The Morgan fingerprint density at radius 1 is 1.10 bits per heavy atom. The lowest BCUT2D eigenvalue weighted by molar-refractivity contribution is -0.109. The molecule has 164 valence electrons. The third-order valence-corrected chi connectivity index (χ3v) is 4.88. The van der Waals surface area contributed by atoms with Crippen molar-refractivity contribution in [2.24, 2.45) is 5.73 Å². The Labute approximate surface area is 184 Å². The molecule has 1 saturated heterocycles. The van der Waals surface area contributed by atoms with E-state index >= 15 is 0 Å². The second-order valence-corrected chi connectivity index (χ2v) is 7.19. The first kappa shape index (κ1) is 23.9. The molecular formula is C24H32N6O. The molecule has 2 aromatic carbocycles. The summed E-state index contributed by atoms with van der Waals surface area (Å²) in [6.07, 6.45) is 2.82. The molecule has 1 amide bonds. The van der Waals surface area contributed by atoms with E-state index in [0.717, 1.165) is 30.9 Å². The fraction of sp³-hybridized carbons (Fsp3) is 0.333. The zero-order valence-corrected chi connectivity index (χ0v) is 17.9. The average molecular weight is 421 g/mol. The third kappa shape index (κ3) is 9.81. The topological polar surface area (TPSA) is 106 Å². The molecule has 1 aliphatic heterocycles. The van der Waals surface area contributed by atoms with E-state index in [1.165, 1.54) is 24.9 Å². The number of nitrogens with two attached hydrogens (primary N) is 1. The monoisotopic (exact) mass is 420 g/mol. The standard InChI is InChI=1S/C13H16N4O.C11H16N2/c14-7-11-1-3-12(4-2-11)9-17-13(8-15)5-6-16-10-18;1-2-4-11(5-3-1)10-13-8-6-12-7-9-13/h1-4,8,10,17H,5-6,9,15H2,(H,16,18);1-5,12H,6-10H2/b13-8-;. The van der Waals surface area contributed by atoms with E-state index in [2.05, 4.69) is 57.3 Å². The molecule has 0 bridgehead atoms. The molecule has 2 aromatic rings. The molecule has 1 heterocycles. The molecule has 1 fully saturated rings. The van der Waals surface area contributed by atoms with E-state index in [-0.39, 0.29) is 0 Å². The van der Waals surface area contributed by atoms with Gasteiger partial charge >= 0.3 is 0 Å². The van der Waals surface area contributed by atoms with E-state index in [9.17, 15) is 4.79 Å². The second-order valence-electron chi connectivity index (χ2n) is 7.19. The van der Waals surface area contributed by atoms with Gasteiger partial charge in [0, 0.05) is 64.1 Å². The summed E-state index contributed by atoms with van der Waals surface area (Å²) in [5.74, 6) is 0. The van der Waals surface area contributed by atoms with Crippen molar-refractivity contribution in [2.75, 3.05) is 32.7 Å². The van der Waals surface area contributed by atoms with Crippen molar-refractivity contribution in [1.82, 2.24) is 20.9 Å². The number of carbonyl (C=O) groups excluding carboxylic acids is 1. The SMILES string of the molecule is N#Cc1ccc(CN/C(=C\N)CCNC=O)cc1.c1ccc(CN2CCNCC2)cc1. The molecule has 3 rings (SSSR count). The smallest absolute Gasteiger partial charge is 0.207 e. The highest BCUT2D eigenvalue weighted by molar-refractivity contribution is 5.45. The van der Waals surface area contributed by atoms with E-state index in [4.69, 9.17) is 11.0 Å². The zero-order chi connectivity index (χ0) is 22.2. The number of nitriles is 1. The Morgan fingerprint density at radius 2 is 1.81 bits per heavy atom. The van der Waals surface area contributed by atoms with Gasteiger partial charge in [-0.3, -0.25) is 9.69 Å². The molecule has 0 radical (unpaired) electrons. The highest BCUT2D eigenvalue weighted by Gasteiger charge is 2.08. The number of benzene rings is 2. The Balaban J connectivity index is 0.000000231. The summed E-state index contributed by atoms with van der Waals surface area (Å²) in [4.78, 5) is 12.6. The van der Waals surface area contributed by atoms with Crippen LogP contribution in [0.4, 0.5) is 0 Å². The highest BCUT2D eigenvalue weighted by Crippen LogP contribution is 2.05. The van der Waals surface area contributed by atoms with Crippen LogP contribution in [0.1, 0.15) is 23.1 Å². The summed E-state index contributed by atoms with van der Waals surface area (Å²) >= 11 is 0. The van der Waals surface area contributed by atoms with Gasteiger partial charge in [-0.1, -0.05) is 42.5 Å². The molecule has 5 N–H and O–H groups in total. The lowest BCUT2D eigenvalue weighted by atomic mass is 10.1. The van der Waals surface area contributed by atoms with Gasteiger partial charge in [0.05, 0.1) is 11.6 Å². The number of rotatable bonds is 9. The van der Waals surface area contributed by atoms with Crippen LogP contribution in [0.3, 0.4) is 0 Å². The first-order valence-corrected chi connectivity index (χ1v) is 10.5. The Bertz CT molecular complexity index is 823. The van der Waals surface area contributed by atoms with Crippen molar-refractivity contribution >= 4 is 6.41 Å². The first-order valence-electron chi connectivity index (χ1n) is 10.5. The van der Waals surface area contributed by atoms with Gasteiger partial charge in [-0.2, -0.15) is 5.26 Å². The van der Waals surface area contributed by atoms with Crippen LogP contribution >= 0.6 is 0 Å². The highest BCUT2D eigenvalue weighted by atomic mass is 16.1. The fourth-order valence-electron chi connectivity index (χ4n) is 3.12. The van der Waals surface area contributed by atoms with Crippen LogP contribution in [0, 0.1) is 11.3 Å². The van der Waals surface area contributed by atoms with E-state index in [1.54, 1.807) is 12.1 Å². The molecule has 7 nitrogen and oxygen atoms in total. The summed E-state index contributed by atoms with van der Waals surface area (Å²) in [6, 6.07) is 20.1. The van der Waals surface area contributed by atoms with Gasteiger partial charge in [-0.15, -0.1) is 0 Å². The van der Waals surface area contributed by atoms with E-state index in [1.807, 2.05) is 12.1 Å². The van der Waals surface area contributed by atoms with Crippen LogP contribution < -0.4 is 21.7 Å². The normalized spacial score (nSPS) is 14.0. The van der Waals surface area contributed by atoms with Crippen molar-refractivity contribution in [3.8, 4) is 6.07 Å². The molecule has 31 heavy (non-hydrogen) atoms. The van der Waals surface area contributed by atoms with Crippen molar-refractivity contribution < 1.29 is 4.79 Å².